The van der Waals surface area contributed by atoms with E-state index in [0.717, 1.165) is 12.8 Å². The van der Waals surface area contributed by atoms with Crippen LogP contribution in [0.15, 0.2) is 0 Å². The Labute approximate surface area is 80.5 Å². The van der Waals surface area contributed by atoms with Crippen molar-refractivity contribution in [1.82, 2.24) is 4.90 Å². The van der Waals surface area contributed by atoms with Crippen LogP contribution in [0.5, 0.6) is 0 Å². The Hall–Kier alpha value is -0.550. The molecule has 0 radical (unpaired) electrons. The molecule has 0 aromatic carbocycles. The van der Waals surface area contributed by atoms with Gasteiger partial charge < -0.3 is 0 Å². The van der Waals surface area contributed by atoms with Gasteiger partial charge in [0.1, 0.15) is 0 Å². The minimum absolute atomic E-state index is 0.264. The molecule has 2 fully saturated rings. The predicted molar refractivity (Wildman–Crippen MR) is 52.1 cm³/mol. The van der Waals surface area contributed by atoms with E-state index in [9.17, 15) is 0 Å². The molecule has 0 amide bonds. The van der Waals surface area contributed by atoms with Crippen molar-refractivity contribution >= 4 is 0 Å². The van der Waals surface area contributed by atoms with Gasteiger partial charge in [0.05, 0.1) is 6.07 Å². The monoisotopic (exact) mass is 178 g/mol. The van der Waals surface area contributed by atoms with Crippen molar-refractivity contribution in [2.75, 3.05) is 6.54 Å². The molecule has 2 aliphatic rings. The van der Waals surface area contributed by atoms with Gasteiger partial charge in [-0.15, -0.1) is 0 Å². The van der Waals surface area contributed by atoms with E-state index in [1.807, 2.05) is 0 Å². The lowest BCUT2D eigenvalue weighted by Gasteiger charge is -2.46. The van der Waals surface area contributed by atoms with Crippen LogP contribution >= 0.6 is 0 Å². The Morgan fingerprint density at radius 3 is 2.92 bits per heavy atom. The number of nitrogens with zero attached hydrogens (tertiary/aromatic N) is 2. The van der Waals surface area contributed by atoms with Crippen LogP contribution in [0.4, 0.5) is 0 Å². The van der Waals surface area contributed by atoms with Gasteiger partial charge in [-0.1, -0.05) is 0 Å². The van der Waals surface area contributed by atoms with Crippen molar-refractivity contribution in [3.05, 3.63) is 0 Å². The SMILES string of the molecule is CC1(C)CC(C#N)CC2CCCN21. The molecule has 2 atom stereocenters. The molecule has 2 heteroatoms. The summed E-state index contributed by atoms with van der Waals surface area (Å²) in [5.41, 5.74) is 0.264. The standard InChI is InChI=1S/C11H18N2/c1-11(2)7-9(8-12)6-10-4-3-5-13(10)11/h9-10H,3-7H2,1-2H3. The molecule has 0 aromatic rings. The second kappa shape index (κ2) is 2.99. The maximum Gasteiger partial charge on any atom is 0.0657 e. The van der Waals surface area contributed by atoms with Crippen molar-refractivity contribution < 1.29 is 0 Å². The zero-order chi connectivity index (χ0) is 9.47. The maximum atomic E-state index is 8.97. The van der Waals surface area contributed by atoms with E-state index in [0.29, 0.717) is 12.0 Å². The molecule has 0 aromatic heterocycles. The molecular formula is C11H18N2. The van der Waals surface area contributed by atoms with Gasteiger partial charge >= 0.3 is 0 Å². The van der Waals surface area contributed by atoms with Crippen molar-refractivity contribution in [2.45, 2.75) is 51.1 Å². The molecule has 2 saturated heterocycles. The quantitative estimate of drug-likeness (QED) is 0.568. The Kier molecular flexibility index (Phi) is 2.08. The highest BCUT2D eigenvalue weighted by atomic mass is 15.2. The van der Waals surface area contributed by atoms with Crippen LogP contribution in [0.2, 0.25) is 0 Å². The fourth-order valence-electron chi connectivity index (χ4n) is 3.11. The summed E-state index contributed by atoms with van der Waals surface area (Å²) in [6.07, 6.45) is 4.80. The van der Waals surface area contributed by atoms with Crippen LogP contribution < -0.4 is 0 Å². The zero-order valence-corrected chi connectivity index (χ0v) is 8.58. The summed E-state index contributed by atoms with van der Waals surface area (Å²) in [6, 6.07) is 3.15. The van der Waals surface area contributed by atoms with Gasteiger partial charge in [-0.25, -0.2) is 0 Å². The molecule has 2 aliphatic heterocycles. The number of rotatable bonds is 0. The number of hydrogen-bond acceptors (Lipinski definition) is 2. The topological polar surface area (TPSA) is 27.0 Å². The molecule has 0 spiro atoms. The first-order chi connectivity index (χ1) is 6.13. The average Bonchev–Trinajstić information content (AvgIpc) is 2.51. The van der Waals surface area contributed by atoms with Crippen LogP contribution in [-0.4, -0.2) is 23.0 Å². The van der Waals surface area contributed by atoms with E-state index in [2.05, 4.69) is 24.8 Å². The van der Waals surface area contributed by atoms with Gasteiger partial charge in [0.2, 0.25) is 0 Å². The predicted octanol–water partition coefficient (Wildman–Crippen LogP) is 2.16. The molecule has 2 rings (SSSR count). The second-order valence-corrected chi connectivity index (χ2v) is 5.07. The van der Waals surface area contributed by atoms with Gasteiger partial charge in [0.25, 0.3) is 0 Å². The summed E-state index contributed by atoms with van der Waals surface area (Å²) >= 11 is 0. The highest BCUT2D eigenvalue weighted by Gasteiger charge is 2.42. The smallest absolute Gasteiger partial charge is 0.0657 e. The lowest BCUT2D eigenvalue weighted by molar-refractivity contribution is 0.0392. The summed E-state index contributed by atoms with van der Waals surface area (Å²) < 4.78 is 0. The molecule has 0 N–H and O–H groups in total. The molecule has 13 heavy (non-hydrogen) atoms. The highest BCUT2D eigenvalue weighted by molar-refractivity contribution is 5.02. The molecule has 72 valence electrons. The third-order valence-corrected chi connectivity index (χ3v) is 3.64. The molecule has 0 saturated carbocycles. The summed E-state index contributed by atoms with van der Waals surface area (Å²) in [5.74, 6) is 0.300. The van der Waals surface area contributed by atoms with Crippen molar-refractivity contribution in [3.63, 3.8) is 0 Å². The maximum absolute atomic E-state index is 8.97. The number of piperidine rings is 1. The fraction of sp³-hybridized carbons (Fsp3) is 0.909. The highest BCUT2D eigenvalue weighted by Crippen LogP contribution is 2.39. The van der Waals surface area contributed by atoms with E-state index in [4.69, 9.17) is 5.26 Å². The van der Waals surface area contributed by atoms with E-state index in [1.54, 1.807) is 0 Å². The molecule has 2 unspecified atom stereocenters. The summed E-state index contributed by atoms with van der Waals surface area (Å²) in [7, 11) is 0. The van der Waals surface area contributed by atoms with E-state index in [1.165, 1.54) is 19.4 Å². The summed E-state index contributed by atoms with van der Waals surface area (Å²) in [6.45, 7) is 5.82. The van der Waals surface area contributed by atoms with Crippen molar-refractivity contribution in [3.8, 4) is 6.07 Å². The van der Waals surface area contributed by atoms with Crippen LogP contribution in [-0.2, 0) is 0 Å². The van der Waals surface area contributed by atoms with Gasteiger partial charge in [-0.05, 0) is 46.1 Å². The molecule has 2 heterocycles. The zero-order valence-electron chi connectivity index (χ0n) is 8.58. The van der Waals surface area contributed by atoms with Gasteiger partial charge in [0.15, 0.2) is 0 Å². The number of hydrogen-bond donors (Lipinski definition) is 0. The van der Waals surface area contributed by atoms with Gasteiger partial charge in [-0.2, -0.15) is 5.26 Å². The lowest BCUT2D eigenvalue weighted by Crippen LogP contribution is -2.52. The molecule has 0 aliphatic carbocycles. The Bertz CT molecular complexity index is 239. The minimum atomic E-state index is 0.264. The van der Waals surface area contributed by atoms with Gasteiger partial charge in [0, 0.05) is 17.5 Å². The third-order valence-electron chi connectivity index (χ3n) is 3.64. The Morgan fingerprint density at radius 1 is 1.46 bits per heavy atom. The van der Waals surface area contributed by atoms with Crippen molar-refractivity contribution in [2.24, 2.45) is 5.92 Å². The first kappa shape index (κ1) is 9.02. The summed E-state index contributed by atoms with van der Waals surface area (Å²) in [5, 5.41) is 8.97. The normalized spacial score (nSPS) is 38.2. The van der Waals surface area contributed by atoms with Gasteiger partial charge in [-0.3, -0.25) is 4.90 Å². The number of nitriles is 1. The van der Waals surface area contributed by atoms with Crippen LogP contribution in [0.25, 0.3) is 0 Å². The summed E-state index contributed by atoms with van der Waals surface area (Å²) in [4.78, 5) is 2.61. The largest absolute Gasteiger partial charge is 0.295 e. The van der Waals surface area contributed by atoms with Crippen LogP contribution in [0, 0.1) is 17.2 Å². The fourth-order valence-corrected chi connectivity index (χ4v) is 3.11. The minimum Gasteiger partial charge on any atom is -0.295 e. The van der Waals surface area contributed by atoms with E-state index >= 15 is 0 Å². The Balaban J connectivity index is 2.16. The first-order valence-electron chi connectivity index (χ1n) is 5.30. The van der Waals surface area contributed by atoms with E-state index < -0.39 is 0 Å². The van der Waals surface area contributed by atoms with Crippen LogP contribution in [0.3, 0.4) is 0 Å². The molecular weight excluding hydrogens is 160 g/mol. The second-order valence-electron chi connectivity index (χ2n) is 5.07. The van der Waals surface area contributed by atoms with E-state index in [-0.39, 0.29) is 5.54 Å². The number of fused-ring (bicyclic) bond motifs is 1. The van der Waals surface area contributed by atoms with Crippen molar-refractivity contribution in [1.29, 1.82) is 5.26 Å². The average molecular weight is 178 g/mol. The molecule has 0 bridgehead atoms. The lowest BCUT2D eigenvalue weighted by atomic mass is 9.80. The first-order valence-corrected chi connectivity index (χ1v) is 5.30. The molecule has 2 nitrogen and oxygen atoms in total. The Morgan fingerprint density at radius 2 is 2.23 bits per heavy atom. The third kappa shape index (κ3) is 1.46. The van der Waals surface area contributed by atoms with Crippen LogP contribution in [0.1, 0.15) is 39.5 Å².